The molecule has 0 radical (unpaired) electrons. The predicted octanol–water partition coefficient (Wildman–Crippen LogP) is 2.15. The zero-order valence-electron chi connectivity index (χ0n) is 10.8. The molecule has 1 aliphatic heterocycles. The van der Waals surface area contributed by atoms with E-state index in [1.54, 1.807) is 6.20 Å². The van der Waals surface area contributed by atoms with Crippen LogP contribution in [0.4, 0.5) is 5.82 Å². The van der Waals surface area contributed by atoms with Crippen LogP contribution in [0.2, 0.25) is 0 Å². The van der Waals surface area contributed by atoms with Gasteiger partial charge in [0.25, 0.3) is 5.91 Å². The fraction of sp³-hybridized carbons (Fsp3) is 0.125. The van der Waals surface area contributed by atoms with E-state index >= 15 is 0 Å². The Morgan fingerprint density at radius 1 is 1.15 bits per heavy atom. The summed E-state index contributed by atoms with van der Waals surface area (Å²) in [6, 6.07) is 11.4. The zero-order chi connectivity index (χ0) is 13.9. The third kappa shape index (κ3) is 2.33. The summed E-state index contributed by atoms with van der Waals surface area (Å²) in [7, 11) is 0. The number of aliphatic hydroxyl groups excluding tert-OH is 1. The molecule has 2 heterocycles. The summed E-state index contributed by atoms with van der Waals surface area (Å²) in [5, 5.41) is 11.8. The van der Waals surface area contributed by atoms with Crippen molar-refractivity contribution in [1.29, 1.82) is 0 Å². The second kappa shape index (κ2) is 5.27. The Morgan fingerprint density at radius 2 is 1.90 bits per heavy atom. The maximum Gasteiger partial charge on any atom is 0.257 e. The Bertz CT molecular complexity index is 675. The van der Waals surface area contributed by atoms with Crippen molar-refractivity contribution in [1.82, 2.24) is 4.98 Å². The zero-order valence-corrected chi connectivity index (χ0v) is 10.8. The number of hydrogen-bond donors (Lipinski definition) is 2. The number of allylic oxidation sites excluding steroid dienone is 1. The van der Waals surface area contributed by atoms with Gasteiger partial charge in [-0.2, -0.15) is 0 Å². The molecule has 1 aromatic heterocycles. The summed E-state index contributed by atoms with van der Waals surface area (Å²) in [5.41, 5.74) is 3.50. The molecule has 100 valence electrons. The lowest BCUT2D eigenvalue weighted by Crippen LogP contribution is -2.04. The number of carbonyl (C=O) groups is 1. The van der Waals surface area contributed by atoms with Gasteiger partial charge in [0.2, 0.25) is 0 Å². The number of hydrogen-bond acceptors (Lipinski definition) is 3. The van der Waals surface area contributed by atoms with Gasteiger partial charge in [-0.15, -0.1) is 0 Å². The largest absolute Gasteiger partial charge is 0.392 e. The molecule has 1 amide bonds. The smallest absolute Gasteiger partial charge is 0.257 e. The lowest BCUT2D eigenvalue weighted by atomic mass is 10.0. The summed E-state index contributed by atoms with van der Waals surface area (Å²) in [4.78, 5) is 16.0. The van der Waals surface area contributed by atoms with Gasteiger partial charge in [0, 0.05) is 17.3 Å². The summed E-state index contributed by atoms with van der Waals surface area (Å²) in [5.74, 6) is 0.519. The molecule has 4 nitrogen and oxygen atoms in total. The third-order valence-electron chi connectivity index (χ3n) is 3.32. The number of amides is 1. The van der Waals surface area contributed by atoms with Crippen LogP contribution in [-0.2, 0) is 17.8 Å². The first-order chi connectivity index (χ1) is 9.78. The first-order valence-electron chi connectivity index (χ1n) is 6.43. The Morgan fingerprint density at radius 3 is 2.65 bits per heavy atom. The van der Waals surface area contributed by atoms with Crippen LogP contribution in [0.5, 0.6) is 0 Å². The van der Waals surface area contributed by atoms with Crippen molar-refractivity contribution < 1.29 is 9.90 Å². The minimum atomic E-state index is -0.106. The number of aromatic nitrogens is 1. The van der Waals surface area contributed by atoms with Crippen LogP contribution in [-0.4, -0.2) is 16.0 Å². The molecule has 0 bridgehead atoms. The molecule has 1 aliphatic rings. The molecular weight excluding hydrogens is 252 g/mol. The summed E-state index contributed by atoms with van der Waals surface area (Å²) >= 11 is 0. The number of pyridine rings is 1. The van der Waals surface area contributed by atoms with E-state index in [9.17, 15) is 4.79 Å². The van der Waals surface area contributed by atoms with Crippen LogP contribution in [0.1, 0.15) is 16.7 Å². The normalized spacial score (nSPS) is 15.2. The molecule has 3 rings (SSSR count). The van der Waals surface area contributed by atoms with Gasteiger partial charge in [0.05, 0.1) is 6.61 Å². The van der Waals surface area contributed by atoms with Gasteiger partial charge in [-0.05, 0) is 29.7 Å². The second-order valence-electron chi connectivity index (χ2n) is 4.65. The van der Waals surface area contributed by atoms with Crippen molar-refractivity contribution in [3.05, 3.63) is 65.4 Å². The van der Waals surface area contributed by atoms with Crippen LogP contribution in [0.25, 0.3) is 5.57 Å². The molecule has 0 spiro atoms. The minimum Gasteiger partial charge on any atom is -0.392 e. The summed E-state index contributed by atoms with van der Waals surface area (Å²) < 4.78 is 0. The Hall–Kier alpha value is -2.46. The first-order valence-corrected chi connectivity index (χ1v) is 6.43. The first kappa shape index (κ1) is 12.6. The molecule has 0 fully saturated rings. The van der Waals surface area contributed by atoms with Gasteiger partial charge < -0.3 is 10.4 Å². The van der Waals surface area contributed by atoms with Gasteiger partial charge in [0.1, 0.15) is 5.82 Å². The highest BCUT2D eigenvalue weighted by atomic mass is 16.3. The monoisotopic (exact) mass is 266 g/mol. The number of carbonyl (C=O) groups excluding carboxylic acids is 1. The molecule has 2 aromatic rings. The topological polar surface area (TPSA) is 62.2 Å². The van der Waals surface area contributed by atoms with E-state index in [2.05, 4.69) is 10.3 Å². The van der Waals surface area contributed by atoms with Gasteiger partial charge in [-0.1, -0.05) is 30.3 Å². The SMILES string of the molecule is O=C1Nc2ncccc2C1=CCc1ccc(CO)cc1. The highest BCUT2D eigenvalue weighted by Crippen LogP contribution is 2.29. The van der Waals surface area contributed by atoms with Crippen molar-refractivity contribution in [2.24, 2.45) is 0 Å². The lowest BCUT2D eigenvalue weighted by Gasteiger charge is -2.00. The number of nitrogens with zero attached hydrogens (tertiary/aromatic N) is 1. The van der Waals surface area contributed by atoms with Crippen LogP contribution in [0.15, 0.2) is 48.7 Å². The van der Waals surface area contributed by atoms with Gasteiger partial charge in [-0.3, -0.25) is 4.79 Å². The highest BCUT2D eigenvalue weighted by Gasteiger charge is 2.24. The quantitative estimate of drug-likeness (QED) is 0.837. The van der Waals surface area contributed by atoms with Crippen molar-refractivity contribution >= 4 is 17.3 Å². The second-order valence-corrected chi connectivity index (χ2v) is 4.65. The highest BCUT2D eigenvalue weighted by molar-refractivity contribution is 6.31. The number of nitrogens with one attached hydrogen (secondary N) is 1. The fourth-order valence-corrected chi connectivity index (χ4v) is 2.22. The van der Waals surface area contributed by atoms with Gasteiger partial charge >= 0.3 is 0 Å². The standard InChI is InChI=1S/C16H14N2O2/c19-10-12-5-3-11(4-6-12)7-8-14-13-2-1-9-17-15(13)18-16(14)20/h1-6,8-9,19H,7,10H2,(H,17,18,20). The fourth-order valence-electron chi connectivity index (χ4n) is 2.22. The molecule has 0 saturated heterocycles. The van der Waals surface area contributed by atoms with E-state index in [1.165, 1.54) is 0 Å². The van der Waals surface area contributed by atoms with Crippen LogP contribution >= 0.6 is 0 Å². The van der Waals surface area contributed by atoms with Crippen molar-refractivity contribution in [2.75, 3.05) is 5.32 Å². The molecule has 0 atom stereocenters. The summed E-state index contributed by atoms with van der Waals surface area (Å²) in [6.07, 6.45) is 4.25. The van der Waals surface area contributed by atoms with Crippen LogP contribution in [0, 0.1) is 0 Å². The lowest BCUT2D eigenvalue weighted by molar-refractivity contribution is -0.110. The number of fused-ring (bicyclic) bond motifs is 1. The summed E-state index contributed by atoms with van der Waals surface area (Å²) in [6.45, 7) is 0.0445. The van der Waals surface area contributed by atoms with Crippen molar-refractivity contribution in [2.45, 2.75) is 13.0 Å². The van der Waals surface area contributed by atoms with Crippen LogP contribution < -0.4 is 5.32 Å². The van der Waals surface area contributed by atoms with E-state index in [0.717, 1.165) is 16.7 Å². The molecule has 0 aliphatic carbocycles. The average molecular weight is 266 g/mol. The van der Waals surface area contributed by atoms with Gasteiger partial charge in [0.15, 0.2) is 0 Å². The molecule has 1 aromatic carbocycles. The van der Waals surface area contributed by atoms with Crippen molar-refractivity contribution in [3.63, 3.8) is 0 Å². The molecule has 0 unspecified atom stereocenters. The maximum absolute atomic E-state index is 11.9. The number of rotatable bonds is 3. The van der Waals surface area contributed by atoms with Crippen molar-refractivity contribution in [3.8, 4) is 0 Å². The number of benzene rings is 1. The Balaban J connectivity index is 1.83. The molecule has 0 saturated carbocycles. The molecule has 20 heavy (non-hydrogen) atoms. The molecular formula is C16H14N2O2. The van der Waals surface area contributed by atoms with E-state index in [0.29, 0.717) is 17.8 Å². The van der Waals surface area contributed by atoms with Gasteiger partial charge in [-0.25, -0.2) is 4.98 Å². The van der Waals surface area contributed by atoms with E-state index in [-0.39, 0.29) is 12.5 Å². The predicted molar refractivity (Wildman–Crippen MR) is 76.9 cm³/mol. The van der Waals surface area contributed by atoms with Crippen LogP contribution in [0.3, 0.4) is 0 Å². The number of anilines is 1. The average Bonchev–Trinajstić information content (AvgIpc) is 2.81. The maximum atomic E-state index is 11.9. The van der Waals surface area contributed by atoms with E-state index < -0.39 is 0 Å². The minimum absolute atomic E-state index is 0.0445. The number of aliphatic hydroxyl groups is 1. The Kier molecular flexibility index (Phi) is 3.31. The molecule has 2 N–H and O–H groups in total. The van der Waals surface area contributed by atoms with E-state index in [1.807, 2.05) is 42.5 Å². The third-order valence-corrected chi connectivity index (χ3v) is 3.32. The Labute approximate surface area is 116 Å². The van der Waals surface area contributed by atoms with E-state index in [4.69, 9.17) is 5.11 Å². The molecule has 4 heteroatoms.